The molecule has 11 aromatic rings. The van der Waals surface area contributed by atoms with Gasteiger partial charge in [0.2, 0.25) is 0 Å². The van der Waals surface area contributed by atoms with Crippen molar-refractivity contribution < 1.29 is 0 Å². The van der Waals surface area contributed by atoms with Crippen molar-refractivity contribution in [1.29, 1.82) is 0 Å². The molecule has 3 nitrogen and oxygen atoms in total. The molecule has 49 heavy (non-hydrogen) atoms. The molecule has 8 aromatic carbocycles. The van der Waals surface area contributed by atoms with Gasteiger partial charge in [0.15, 0.2) is 0 Å². The first-order valence-corrected chi connectivity index (χ1v) is 16.9. The van der Waals surface area contributed by atoms with Crippen LogP contribution in [0.15, 0.2) is 176 Å². The summed E-state index contributed by atoms with van der Waals surface area (Å²) in [5.74, 6) is 0. The van der Waals surface area contributed by atoms with E-state index in [1.807, 2.05) is 0 Å². The van der Waals surface area contributed by atoms with Gasteiger partial charge in [-0.2, -0.15) is 0 Å². The lowest BCUT2D eigenvalue weighted by atomic mass is 10.0. The van der Waals surface area contributed by atoms with Crippen LogP contribution in [-0.4, -0.2) is 13.7 Å². The molecule has 3 heteroatoms. The quantitative estimate of drug-likeness (QED) is 0.186. The van der Waals surface area contributed by atoms with Crippen molar-refractivity contribution in [2.24, 2.45) is 0 Å². The number of para-hydroxylation sites is 5. The minimum absolute atomic E-state index is 1.16. The minimum atomic E-state index is 1.16. The molecule has 3 aromatic heterocycles. The standard InChI is InChI=1S/C46H29N3/c1-3-13-31(14-4-1)47-41-20-10-8-18-35(41)39-28-33(24-26-44(39)47)48-42-21-11-9-19-36(42)40-29-38-30(27-45(40)48)23-25-37-34-17-7-12-22-43(34)49(46(37)38)32-15-5-2-6-16-32/h1-29H. The van der Waals surface area contributed by atoms with Crippen molar-refractivity contribution in [2.75, 3.05) is 0 Å². The van der Waals surface area contributed by atoms with Crippen LogP contribution in [0.1, 0.15) is 0 Å². The van der Waals surface area contributed by atoms with E-state index < -0.39 is 0 Å². The Balaban J connectivity index is 1.23. The van der Waals surface area contributed by atoms with E-state index >= 15 is 0 Å². The molecule has 0 aliphatic rings. The maximum absolute atomic E-state index is 2.45. The predicted molar refractivity (Wildman–Crippen MR) is 207 cm³/mol. The Bertz CT molecular complexity index is 3090. The second-order valence-corrected chi connectivity index (χ2v) is 13.0. The summed E-state index contributed by atoms with van der Waals surface area (Å²) in [6.45, 7) is 0. The first-order valence-electron chi connectivity index (χ1n) is 16.9. The first-order chi connectivity index (χ1) is 24.3. The highest BCUT2D eigenvalue weighted by molar-refractivity contribution is 6.23. The Hall–Kier alpha value is -6.58. The summed E-state index contributed by atoms with van der Waals surface area (Å²) in [7, 11) is 0. The summed E-state index contributed by atoms with van der Waals surface area (Å²) in [4.78, 5) is 0. The monoisotopic (exact) mass is 623 g/mol. The number of benzene rings is 8. The molecule has 0 fully saturated rings. The molecule has 0 N–H and O–H groups in total. The van der Waals surface area contributed by atoms with Crippen LogP contribution < -0.4 is 0 Å². The van der Waals surface area contributed by atoms with Gasteiger partial charge in [0, 0.05) is 54.8 Å². The van der Waals surface area contributed by atoms with E-state index in [1.54, 1.807) is 0 Å². The highest BCUT2D eigenvalue weighted by Crippen LogP contribution is 2.41. The van der Waals surface area contributed by atoms with Crippen LogP contribution >= 0.6 is 0 Å². The predicted octanol–water partition coefficient (Wildman–Crippen LogP) is 12.1. The Morgan fingerprint density at radius 1 is 0.245 bits per heavy atom. The Morgan fingerprint density at radius 2 is 0.735 bits per heavy atom. The fourth-order valence-electron chi connectivity index (χ4n) is 8.33. The highest BCUT2D eigenvalue weighted by Gasteiger charge is 2.19. The van der Waals surface area contributed by atoms with Crippen LogP contribution in [-0.2, 0) is 0 Å². The van der Waals surface area contributed by atoms with Gasteiger partial charge in [0.1, 0.15) is 0 Å². The maximum Gasteiger partial charge on any atom is 0.0619 e. The van der Waals surface area contributed by atoms with Crippen molar-refractivity contribution in [2.45, 2.75) is 0 Å². The molecule has 0 radical (unpaired) electrons. The van der Waals surface area contributed by atoms with Gasteiger partial charge in [-0.15, -0.1) is 0 Å². The normalized spacial score (nSPS) is 12.1. The smallest absolute Gasteiger partial charge is 0.0619 e. The number of fused-ring (bicyclic) bond motifs is 11. The van der Waals surface area contributed by atoms with Crippen molar-refractivity contribution in [1.82, 2.24) is 13.7 Å². The van der Waals surface area contributed by atoms with Gasteiger partial charge in [-0.05, 0) is 78.2 Å². The molecule has 0 aliphatic carbocycles. The molecule has 11 rings (SSSR count). The van der Waals surface area contributed by atoms with Crippen LogP contribution in [0.2, 0.25) is 0 Å². The third kappa shape index (κ3) is 3.67. The number of rotatable bonds is 3. The van der Waals surface area contributed by atoms with Crippen LogP contribution in [0, 0.1) is 0 Å². The Kier molecular flexibility index (Phi) is 5.38. The number of hydrogen-bond donors (Lipinski definition) is 0. The van der Waals surface area contributed by atoms with Gasteiger partial charge >= 0.3 is 0 Å². The molecular weight excluding hydrogens is 595 g/mol. The van der Waals surface area contributed by atoms with Crippen molar-refractivity contribution in [3.8, 4) is 17.1 Å². The summed E-state index contributed by atoms with van der Waals surface area (Å²) >= 11 is 0. The molecule has 228 valence electrons. The summed E-state index contributed by atoms with van der Waals surface area (Å²) in [5.41, 5.74) is 10.8. The third-order valence-electron chi connectivity index (χ3n) is 10.4. The van der Waals surface area contributed by atoms with Crippen LogP contribution in [0.5, 0.6) is 0 Å². The van der Waals surface area contributed by atoms with Crippen LogP contribution in [0.4, 0.5) is 0 Å². The van der Waals surface area contributed by atoms with Gasteiger partial charge in [-0.25, -0.2) is 0 Å². The summed E-state index contributed by atoms with van der Waals surface area (Å²) in [5, 5.41) is 10.0. The van der Waals surface area contributed by atoms with Crippen LogP contribution in [0.3, 0.4) is 0 Å². The fourth-order valence-corrected chi connectivity index (χ4v) is 8.33. The Labute approximate surface area is 282 Å². The molecule has 0 unspecified atom stereocenters. The van der Waals surface area contributed by atoms with E-state index in [1.165, 1.54) is 87.6 Å². The molecule has 0 bridgehead atoms. The minimum Gasteiger partial charge on any atom is -0.309 e. The largest absolute Gasteiger partial charge is 0.309 e. The maximum atomic E-state index is 2.45. The topological polar surface area (TPSA) is 14.8 Å². The van der Waals surface area contributed by atoms with Gasteiger partial charge in [-0.3, -0.25) is 0 Å². The average Bonchev–Trinajstić information content (AvgIpc) is 3.80. The van der Waals surface area contributed by atoms with E-state index in [0.29, 0.717) is 0 Å². The molecular formula is C46H29N3. The summed E-state index contributed by atoms with van der Waals surface area (Å²) < 4.78 is 7.27. The van der Waals surface area contributed by atoms with Crippen molar-refractivity contribution >= 4 is 76.2 Å². The van der Waals surface area contributed by atoms with Gasteiger partial charge in [0.25, 0.3) is 0 Å². The lowest BCUT2D eigenvalue weighted by Crippen LogP contribution is -1.96. The summed E-state index contributed by atoms with van der Waals surface area (Å²) in [6.07, 6.45) is 0. The SMILES string of the molecule is c1ccc(-n2c3ccccc3c3cc(-n4c5ccccc5c5cc6c(ccc7c8ccccc8n(-c8ccccc8)c67)cc54)ccc32)cc1. The van der Waals surface area contributed by atoms with Crippen molar-refractivity contribution in [3.63, 3.8) is 0 Å². The molecule has 0 amide bonds. The van der Waals surface area contributed by atoms with E-state index in [9.17, 15) is 0 Å². The average molecular weight is 624 g/mol. The Morgan fingerprint density at radius 3 is 1.39 bits per heavy atom. The summed E-state index contributed by atoms with van der Waals surface area (Å²) in [6, 6.07) is 64.2. The molecule has 0 aliphatic heterocycles. The van der Waals surface area contributed by atoms with Gasteiger partial charge in [0.05, 0.1) is 33.1 Å². The second-order valence-electron chi connectivity index (χ2n) is 13.0. The zero-order valence-electron chi connectivity index (χ0n) is 26.6. The molecule has 0 spiro atoms. The molecule has 0 atom stereocenters. The zero-order valence-corrected chi connectivity index (χ0v) is 26.6. The van der Waals surface area contributed by atoms with Gasteiger partial charge < -0.3 is 13.7 Å². The fraction of sp³-hybridized carbons (Fsp3) is 0. The lowest BCUT2D eigenvalue weighted by molar-refractivity contribution is 1.17. The number of hydrogen-bond acceptors (Lipinski definition) is 0. The lowest BCUT2D eigenvalue weighted by Gasteiger charge is -2.12. The first kappa shape index (κ1) is 26.5. The van der Waals surface area contributed by atoms with Crippen LogP contribution in [0.25, 0.3) is 93.3 Å². The van der Waals surface area contributed by atoms with E-state index in [-0.39, 0.29) is 0 Å². The van der Waals surface area contributed by atoms with E-state index in [0.717, 1.165) is 5.69 Å². The number of aromatic nitrogens is 3. The van der Waals surface area contributed by atoms with E-state index in [4.69, 9.17) is 0 Å². The highest BCUT2D eigenvalue weighted by atomic mass is 15.0. The molecule has 3 heterocycles. The van der Waals surface area contributed by atoms with Crippen molar-refractivity contribution in [3.05, 3.63) is 176 Å². The molecule has 0 saturated heterocycles. The number of nitrogens with zero attached hydrogens (tertiary/aromatic N) is 3. The zero-order chi connectivity index (χ0) is 32.1. The third-order valence-corrected chi connectivity index (χ3v) is 10.4. The van der Waals surface area contributed by atoms with Gasteiger partial charge in [-0.1, -0.05) is 103 Å². The second kappa shape index (κ2) is 9.96. The van der Waals surface area contributed by atoms with E-state index in [2.05, 4.69) is 190 Å². The molecule has 0 saturated carbocycles.